The monoisotopic (exact) mass is 325 g/mol. The molecule has 3 amide bonds. The Kier molecular flexibility index (Phi) is 5.63. The number of hydrogen-bond donors (Lipinski definition) is 2. The summed E-state index contributed by atoms with van der Waals surface area (Å²) in [6.45, 7) is 1.33. The number of halogens is 1. The maximum Gasteiger partial charge on any atom is 0.319 e. The van der Waals surface area contributed by atoms with E-state index in [1.165, 1.54) is 4.90 Å². The SMILES string of the molecule is CN(C)C(=O)c1ccc(NC(=O)NC2CCOCC2)cc1Cl. The summed E-state index contributed by atoms with van der Waals surface area (Å²) in [6, 6.07) is 4.68. The molecule has 120 valence electrons. The second-order valence-electron chi connectivity index (χ2n) is 5.38. The van der Waals surface area contributed by atoms with Crippen LogP contribution in [-0.4, -0.2) is 50.2 Å². The van der Waals surface area contributed by atoms with Crippen molar-refractivity contribution >= 4 is 29.2 Å². The molecule has 0 radical (unpaired) electrons. The molecule has 0 spiro atoms. The Balaban J connectivity index is 1.96. The van der Waals surface area contributed by atoms with Gasteiger partial charge in [0, 0.05) is 39.0 Å². The molecule has 2 N–H and O–H groups in total. The zero-order valence-corrected chi connectivity index (χ0v) is 13.4. The Morgan fingerprint density at radius 1 is 1.27 bits per heavy atom. The molecule has 0 aromatic heterocycles. The number of ether oxygens (including phenoxy) is 1. The van der Waals surface area contributed by atoms with Crippen LogP contribution in [0.15, 0.2) is 18.2 Å². The smallest absolute Gasteiger partial charge is 0.319 e. The summed E-state index contributed by atoms with van der Waals surface area (Å²) in [5, 5.41) is 5.93. The number of nitrogens with zero attached hydrogens (tertiary/aromatic N) is 1. The molecule has 1 aromatic carbocycles. The third kappa shape index (κ3) is 4.35. The van der Waals surface area contributed by atoms with Crippen molar-refractivity contribution in [3.05, 3.63) is 28.8 Å². The van der Waals surface area contributed by atoms with Crippen molar-refractivity contribution < 1.29 is 14.3 Å². The molecular weight excluding hydrogens is 306 g/mol. The van der Waals surface area contributed by atoms with E-state index in [-0.39, 0.29) is 18.0 Å². The Morgan fingerprint density at radius 2 is 1.95 bits per heavy atom. The van der Waals surface area contributed by atoms with Gasteiger partial charge in [-0.3, -0.25) is 4.79 Å². The number of urea groups is 1. The van der Waals surface area contributed by atoms with Gasteiger partial charge in [0.15, 0.2) is 0 Å². The van der Waals surface area contributed by atoms with Crippen LogP contribution in [0.25, 0.3) is 0 Å². The molecule has 6 nitrogen and oxygen atoms in total. The van der Waals surface area contributed by atoms with Gasteiger partial charge in [-0.1, -0.05) is 11.6 Å². The number of amides is 3. The van der Waals surface area contributed by atoms with Crippen LogP contribution >= 0.6 is 11.6 Å². The highest BCUT2D eigenvalue weighted by Gasteiger charge is 2.17. The fourth-order valence-corrected chi connectivity index (χ4v) is 2.46. The molecule has 1 aromatic rings. The Morgan fingerprint density at radius 3 is 2.55 bits per heavy atom. The second-order valence-corrected chi connectivity index (χ2v) is 5.79. The van der Waals surface area contributed by atoms with E-state index in [4.69, 9.17) is 16.3 Å². The van der Waals surface area contributed by atoms with Crippen molar-refractivity contribution in [1.82, 2.24) is 10.2 Å². The van der Waals surface area contributed by atoms with Gasteiger partial charge in [0.05, 0.1) is 10.6 Å². The minimum atomic E-state index is -0.283. The number of rotatable bonds is 3. The van der Waals surface area contributed by atoms with Crippen LogP contribution in [0.1, 0.15) is 23.2 Å². The van der Waals surface area contributed by atoms with Crippen LogP contribution in [0.2, 0.25) is 5.02 Å². The highest BCUT2D eigenvalue weighted by atomic mass is 35.5. The lowest BCUT2D eigenvalue weighted by atomic mass is 10.1. The summed E-state index contributed by atoms with van der Waals surface area (Å²) >= 11 is 6.11. The van der Waals surface area contributed by atoms with Crippen LogP contribution in [0.4, 0.5) is 10.5 Å². The first-order valence-electron chi connectivity index (χ1n) is 7.14. The molecule has 0 aliphatic carbocycles. The van der Waals surface area contributed by atoms with Crippen molar-refractivity contribution in [3.8, 4) is 0 Å². The van der Waals surface area contributed by atoms with Crippen molar-refractivity contribution in [1.29, 1.82) is 0 Å². The zero-order chi connectivity index (χ0) is 16.1. The average Bonchev–Trinajstić information content (AvgIpc) is 2.47. The standard InChI is InChI=1S/C15H20ClN3O3/c1-19(2)14(20)12-4-3-11(9-13(12)16)18-15(21)17-10-5-7-22-8-6-10/h3-4,9-10H,5-8H2,1-2H3,(H2,17,18,21). The number of carbonyl (C=O) groups excluding carboxylic acids is 2. The molecule has 1 aliphatic heterocycles. The van der Waals surface area contributed by atoms with Gasteiger partial charge in [-0.2, -0.15) is 0 Å². The molecular formula is C15H20ClN3O3. The van der Waals surface area contributed by atoms with E-state index < -0.39 is 0 Å². The molecule has 1 saturated heterocycles. The first-order valence-corrected chi connectivity index (χ1v) is 7.51. The maximum atomic E-state index is 11.9. The summed E-state index contributed by atoms with van der Waals surface area (Å²) in [5.41, 5.74) is 0.951. The summed E-state index contributed by atoms with van der Waals surface area (Å²) in [4.78, 5) is 25.3. The fourth-order valence-electron chi connectivity index (χ4n) is 2.20. The van der Waals surface area contributed by atoms with E-state index in [1.54, 1.807) is 32.3 Å². The van der Waals surface area contributed by atoms with Gasteiger partial charge in [0.2, 0.25) is 0 Å². The number of nitrogens with one attached hydrogen (secondary N) is 2. The molecule has 7 heteroatoms. The molecule has 22 heavy (non-hydrogen) atoms. The zero-order valence-electron chi connectivity index (χ0n) is 12.7. The van der Waals surface area contributed by atoms with Crippen molar-refractivity contribution in [2.45, 2.75) is 18.9 Å². The molecule has 1 heterocycles. The van der Waals surface area contributed by atoms with Crippen LogP contribution in [0.3, 0.4) is 0 Å². The van der Waals surface area contributed by atoms with Gasteiger partial charge in [-0.25, -0.2) is 4.79 Å². The quantitative estimate of drug-likeness (QED) is 0.896. The van der Waals surface area contributed by atoms with Crippen LogP contribution < -0.4 is 10.6 Å². The highest BCUT2D eigenvalue weighted by molar-refractivity contribution is 6.34. The number of benzene rings is 1. The van der Waals surface area contributed by atoms with Gasteiger partial charge in [-0.15, -0.1) is 0 Å². The van der Waals surface area contributed by atoms with E-state index >= 15 is 0 Å². The molecule has 0 atom stereocenters. The molecule has 0 unspecified atom stereocenters. The van der Waals surface area contributed by atoms with Gasteiger partial charge in [0.1, 0.15) is 0 Å². The first kappa shape index (κ1) is 16.6. The predicted molar refractivity (Wildman–Crippen MR) is 85.5 cm³/mol. The maximum absolute atomic E-state index is 11.9. The number of carbonyl (C=O) groups is 2. The summed E-state index contributed by atoms with van der Waals surface area (Å²) in [5.74, 6) is -0.178. The molecule has 0 saturated carbocycles. The van der Waals surface area contributed by atoms with Crippen molar-refractivity contribution in [2.24, 2.45) is 0 Å². The van der Waals surface area contributed by atoms with Gasteiger partial charge >= 0.3 is 6.03 Å². The van der Waals surface area contributed by atoms with E-state index in [0.717, 1.165) is 12.8 Å². The Bertz CT molecular complexity index is 557. The lowest BCUT2D eigenvalue weighted by Crippen LogP contribution is -2.41. The first-order chi connectivity index (χ1) is 10.5. The lowest BCUT2D eigenvalue weighted by molar-refractivity contribution is 0.0806. The fraction of sp³-hybridized carbons (Fsp3) is 0.467. The average molecular weight is 326 g/mol. The number of anilines is 1. The normalized spacial score (nSPS) is 15.2. The molecule has 1 fully saturated rings. The molecule has 1 aliphatic rings. The van der Waals surface area contributed by atoms with Crippen LogP contribution in [0.5, 0.6) is 0 Å². The minimum absolute atomic E-state index is 0.124. The van der Waals surface area contributed by atoms with Gasteiger partial charge in [-0.05, 0) is 31.0 Å². The van der Waals surface area contributed by atoms with Gasteiger partial charge < -0.3 is 20.3 Å². The van der Waals surface area contributed by atoms with Gasteiger partial charge in [0.25, 0.3) is 5.91 Å². The summed E-state index contributed by atoms with van der Waals surface area (Å²) in [7, 11) is 3.32. The highest BCUT2D eigenvalue weighted by Crippen LogP contribution is 2.22. The molecule has 2 rings (SSSR count). The predicted octanol–water partition coefficient (Wildman–Crippen LogP) is 2.34. The van der Waals surface area contributed by atoms with E-state index in [1.807, 2.05) is 0 Å². The Hall–Kier alpha value is -1.79. The Labute approximate surface area is 134 Å². The van der Waals surface area contributed by atoms with Crippen molar-refractivity contribution in [3.63, 3.8) is 0 Å². The lowest BCUT2D eigenvalue weighted by Gasteiger charge is -2.23. The van der Waals surface area contributed by atoms with Crippen molar-refractivity contribution in [2.75, 3.05) is 32.6 Å². The van der Waals surface area contributed by atoms with Crippen LogP contribution in [0, 0.1) is 0 Å². The van der Waals surface area contributed by atoms with E-state index in [9.17, 15) is 9.59 Å². The minimum Gasteiger partial charge on any atom is -0.381 e. The third-order valence-corrected chi connectivity index (χ3v) is 3.73. The second kappa shape index (κ2) is 7.47. The largest absolute Gasteiger partial charge is 0.381 e. The summed E-state index contributed by atoms with van der Waals surface area (Å²) < 4.78 is 5.25. The van der Waals surface area contributed by atoms with E-state index in [0.29, 0.717) is 29.5 Å². The molecule has 0 bridgehead atoms. The summed E-state index contributed by atoms with van der Waals surface area (Å²) in [6.07, 6.45) is 1.62. The van der Waals surface area contributed by atoms with Crippen LogP contribution in [-0.2, 0) is 4.74 Å². The number of hydrogen-bond acceptors (Lipinski definition) is 3. The third-order valence-electron chi connectivity index (χ3n) is 3.42. The topological polar surface area (TPSA) is 70.7 Å². The van der Waals surface area contributed by atoms with E-state index in [2.05, 4.69) is 10.6 Å².